The Hall–Kier alpha value is -0.793. The summed E-state index contributed by atoms with van der Waals surface area (Å²) in [5.74, 6) is 0.858. The third-order valence-electron chi connectivity index (χ3n) is 3.31. The van der Waals surface area contributed by atoms with Gasteiger partial charge in [0.05, 0.1) is 5.69 Å². The fourth-order valence-electron chi connectivity index (χ4n) is 2.11. The normalized spacial score (nSPS) is 15.2. The van der Waals surface area contributed by atoms with Gasteiger partial charge in [0, 0.05) is 26.0 Å². The van der Waals surface area contributed by atoms with Crippen molar-refractivity contribution in [1.29, 1.82) is 0 Å². The lowest BCUT2D eigenvalue weighted by molar-refractivity contribution is 0.0669. The Balaban J connectivity index is 2.03. The second-order valence-electron chi connectivity index (χ2n) is 6.23. The third-order valence-corrected chi connectivity index (χ3v) is 5.99. The maximum absolute atomic E-state index is 11.2. The summed E-state index contributed by atoms with van der Waals surface area (Å²) in [5, 5.41) is 13.4. The Bertz CT molecular complexity index is 497. The molecule has 0 unspecified atom stereocenters. The quantitative estimate of drug-likeness (QED) is 0.646. The van der Waals surface area contributed by atoms with Gasteiger partial charge < -0.3 is 9.84 Å². The van der Waals surface area contributed by atoms with Gasteiger partial charge in [0.1, 0.15) is 6.73 Å². The van der Waals surface area contributed by atoms with E-state index in [1.165, 1.54) is 0 Å². The summed E-state index contributed by atoms with van der Waals surface area (Å²) in [4.78, 5) is 11.2. The fourth-order valence-corrected chi connectivity index (χ4v) is 3.88. The molecule has 0 amide bonds. The number of thioether (sulfide) groups is 1. The van der Waals surface area contributed by atoms with Crippen molar-refractivity contribution >= 4 is 25.8 Å². The highest BCUT2D eigenvalue weighted by molar-refractivity contribution is 7.98. The van der Waals surface area contributed by atoms with Crippen molar-refractivity contribution in [2.75, 3.05) is 12.4 Å². The summed E-state index contributed by atoms with van der Waals surface area (Å²) in [5.41, 5.74) is 2.12. The molecule has 1 aromatic rings. The van der Waals surface area contributed by atoms with E-state index in [-0.39, 0.29) is 5.69 Å². The van der Waals surface area contributed by atoms with Crippen LogP contribution in [0.15, 0.2) is 0 Å². The molecule has 1 aliphatic heterocycles. The Kier molecular flexibility index (Phi) is 4.93. The van der Waals surface area contributed by atoms with Gasteiger partial charge in [-0.15, -0.1) is 0 Å². The number of carbonyl (C=O) groups is 1. The van der Waals surface area contributed by atoms with Crippen molar-refractivity contribution in [3.63, 3.8) is 0 Å². The van der Waals surface area contributed by atoms with Gasteiger partial charge in [-0.3, -0.25) is 0 Å². The lowest BCUT2D eigenvalue weighted by Gasteiger charge is -2.17. The molecule has 0 radical (unpaired) electrons. The highest BCUT2D eigenvalue weighted by atomic mass is 32.2. The van der Waals surface area contributed by atoms with E-state index in [1.807, 2.05) is 11.8 Å². The molecule has 0 fully saturated rings. The second-order valence-corrected chi connectivity index (χ2v) is 13.0. The van der Waals surface area contributed by atoms with Gasteiger partial charge in [0.15, 0.2) is 5.69 Å². The first-order chi connectivity index (χ1) is 9.38. The number of hydrogen-bond donors (Lipinski definition) is 1. The number of ether oxygens (including phenoxy) is 1. The molecule has 0 aliphatic carbocycles. The summed E-state index contributed by atoms with van der Waals surface area (Å²) in [7, 11) is -1.09. The molecule has 1 N–H and O–H groups in total. The number of aromatic nitrogens is 2. The van der Waals surface area contributed by atoms with Gasteiger partial charge >= 0.3 is 5.97 Å². The smallest absolute Gasteiger partial charge is 0.356 e. The Morgan fingerprint density at radius 3 is 2.90 bits per heavy atom. The molecule has 0 bridgehead atoms. The van der Waals surface area contributed by atoms with Crippen LogP contribution in [-0.4, -0.2) is 41.3 Å². The van der Waals surface area contributed by atoms with Crippen molar-refractivity contribution in [2.45, 2.75) is 44.6 Å². The van der Waals surface area contributed by atoms with E-state index >= 15 is 0 Å². The minimum absolute atomic E-state index is 0.203. The highest BCUT2D eigenvalue weighted by Crippen LogP contribution is 2.27. The van der Waals surface area contributed by atoms with Crippen molar-refractivity contribution in [1.82, 2.24) is 9.78 Å². The first-order valence-electron chi connectivity index (χ1n) is 6.86. The summed E-state index contributed by atoms with van der Waals surface area (Å²) in [6.07, 6.45) is 0.788. The molecule has 7 heteroatoms. The molecule has 1 aliphatic rings. The molecule has 5 nitrogen and oxygen atoms in total. The van der Waals surface area contributed by atoms with Gasteiger partial charge in [-0.1, -0.05) is 19.6 Å². The van der Waals surface area contributed by atoms with Crippen molar-refractivity contribution < 1.29 is 14.6 Å². The number of rotatable bonds is 6. The van der Waals surface area contributed by atoms with Crippen LogP contribution in [-0.2, 0) is 23.6 Å². The molecule has 20 heavy (non-hydrogen) atoms. The standard InChI is InChI=1S/C13H22N2O3SSi/c1-20(2,3)7-5-18-9-15-11-8-19-6-4-10(11)12(14-15)13(16)17/h4-9H2,1-3H3,(H,16,17). The molecular weight excluding hydrogens is 292 g/mol. The monoisotopic (exact) mass is 314 g/mol. The minimum Gasteiger partial charge on any atom is -0.476 e. The van der Waals surface area contributed by atoms with Crippen LogP contribution >= 0.6 is 11.8 Å². The SMILES string of the molecule is C[Si](C)(C)CCOCn1nc(C(=O)O)c2c1CSCC2. The van der Waals surface area contributed by atoms with E-state index in [2.05, 4.69) is 24.7 Å². The molecule has 0 saturated carbocycles. The summed E-state index contributed by atoms with van der Waals surface area (Å²) < 4.78 is 7.42. The van der Waals surface area contributed by atoms with Crippen LogP contribution < -0.4 is 0 Å². The lowest BCUT2D eigenvalue weighted by atomic mass is 10.1. The Morgan fingerprint density at radius 1 is 1.50 bits per heavy atom. The molecule has 0 atom stereocenters. The second kappa shape index (κ2) is 6.32. The van der Waals surface area contributed by atoms with Crippen LogP contribution in [0.1, 0.15) is 21.7 Å². The first-order valence-corrected chi connectivity index (χ1v) is 11.7. The van der Waals surface area contributed by atoms with Crippen molar-refractivity contribution in [3.8, 4) is 0 Å². The van der Waals surface area contributed by atoms with Gasteiger partial charge in [-0.2, -0.15) is 16.9 Å². The summed E-state index contributed by atoms with van der Waals surface area (Å²) in [6, 6.07) is 1.11. The van der Waals surface area contributed by atoms with E-state index in [0.29, 0.717) is 6.73 Å². The van der Waals surface area contributed by atoms with Gasteiger partial charge in [-0.25, -0.2) is 9.48 Å². The highest BCUT2D eigenvalue weighted by Gasteiger charge is 2.24. The molecule has 112 valence electrons. The zero-order chi connectivity index (χ0) is 14.8. The number of carboxylic acid groups (broad SMARTS) is 1. The average Bonchev–Trinajstić information content (AvgIpc) is 2.73. The summed E-state index contributed by atoms with van der Waals surface area (Å²) in [6.45, 7) is 8.02. The number of hydrogen-bond acceptors (Lipinski definition) is 4. The molecule has 0 spiro atoms. The predicted octanol–water partition coefficient (Wildman–Crippen LogP) is 2.68. The molecule has 0 aromatic carbocycles. The van der Waals surface area contributed by atoms with Crippen LogP contribution in [0.3, 0.4) is 0 Å². The van der Waals surface area contributed by atoms with Crippen LogP contribution in [0.2, 0.25) is 25.7 Å². The topological polar surface area (TPSA) is 64.4 Å². The Morgan fingerprint density at radius 2 is 2.25 bits per heavy atom. The van der Waals surface area contributed by atoms with Gasteiger partial charge in [0.25, 0.3) is 0 Å². The zero-order valence-electron chi connectivity index (χ0n) is 12.3. The molecular formula is C13H22N2O3SSi. The lowest BCUT2D eigenvalue weighted by Crippen LogP contribution is -2.22. The number of aromatic carboxylic acids is 1. The van der Waals surface area contributed by atoms with Crippen LogP contribution in [0.25, 0.3) is 0 Å². The van der Waals surface area contributed by atoms with Crippen LogP contribution in [0.5, 0.6) is 0 Å². The van der Waals surface area contributed by atoms with E-state index in [4.69, 9.17) is 4.74 Å². The molecule has 2 rings (SSSR count). The van der Waals surface area contributed by atoms with E-state index in [0.717, 1.165) is 41.8 Å². The first kappa shape index (κ1) is 15.6. The van der Waals surface area contributed by atoms with Gasteiger partial charge in [0.2, 0.25) is 0 Å². The summed E-state index contributed by atoms with van der Waals surface area (Å²) >= 11 is 1.82. The van der Waals surface area contributed by atoms with Crippen molar-refractivity contribution in [2.24, 2.45) is 0 Å². The maximum atomic E-state index is 11.2. The molecule has 2 heterocycles. The molecule has 0 saturated heterocycles. The Labute approximate surface area is 124 Å². The van der Waals surface area contributed by atoms with Crippen molar-refractivity contribution in [3.05, 3.63) is 17.0 Å². The minimum atomic E-state index is -1.09. The maximum Gasteiger partial charge on any atom is 0.356 e. The largest absolute Gasteiger partial charge is 0.476 e. The van der Waals surface area contributed by atoms with E-state index in [9.17, 15) is 9.90 Å². The number of fused-ring (bicyclic) bond motifs is 1. The third kappa shape index (κ3) is 3.86. The fraction of sp³-hybridized carbons (Fsp3) is 0.692. The number of nitrogens with zero attached hydrogens (tertiary/aromatic N) is 2. The average molecular weight is 314 g/mol. The molecule has 1 aromatic heterocycles. The van der Waals surface area contributed by atoms with Gasteiger partial charge in [-0.05, 0) is 18.2 Å². The predicted molar refractivity (Wildman–Crippen MR) is 83.2 cm³/mol. The number of carboxylic acids is 1. The van der Waals surface area contributed by atoms with Crippen LogP contribution in [0.4, 0.5) is 0 Å². The zero-order valence-corrected chi connectivity index (χ0v) is 14.1. The van der Waals surface area contributed by atoms with E-state index < -0.39 is 14.0 Å². The van der Waals surface area contributed by atoms with E-state index in [1.54, 1.807) is 4.68 Å². The van der Waals surface area contributed by atoms with Crippen LogP contribution in [0, 0.1) is 0 Å².